The first-order chi connectivity index (χ1) is 12.9. The number of hydrogen-bond acceptors (Lipinski definition) is 4. The summed E-state index contributed by atoms with van der Waals surface area (Å²) in [6.07, 6.45) is 0.398. The van der Waals surface area contributed by atoms with Gasteiger partial charge in [-0.3, -0.25) is 9.59 Å². The van der Waals surface area contributed by atoms with Crippen LogP contribution < -0.4 is 20.1 Å². The van der Waals surface area contributed by atoms with Crippen molar-refractivity contribution in [3.63, 3.8) is 0 Å². The van der Waals surface area contributed by atoms with E-state index in [1.54, 1.807) is 19.2 Å². The Labute approximate surface area is 163 Å². The maximum Gasteiger partial charge on any atom is 0.233 e. The lowest BCUT2D eigenvalue weighted by Gasteiger charge is -2.12. The average molecular weight is 391 g/mol. The number of methoxy groups -OCH3 is 2. The number of amides is 2. The molecule has 0 aliphatic heterocycles. The standard InChI is InChI=1S/C20H23ClN2O4/c1-13-10-17(18(27-3)11-16(13)21)23-20(25)12-19(24)22-9-8-14-4-6-15(26-2)7-5-14/h4-7,10-11H,8-9,12H2,1-3H3,(H,22,24)(H,23,25). The Morgan fingerprint density at radius 3 is 2.37 bits per heavy atom. The van der Waals surface area contributed by atoms with Crippen molar-refractivity contribution in [1.29, 1.82) is 0 Å². The smallest absolute Gasteiger partial charge is 0.233 e. The molecule has 2 rings (SSSR count). The van der Waals surface area contributed by atoms with E-state index in [4.69, 9.17) is 21.1 Å². The maximum atomic E-state index is 12.1. The van der Waals surface area contributed by atoms with Gasteiger partial charge >= 0.3 is 0 Å². The van der Waals surface area contributed by atoms with Gasteiger partial charge in [-0.15, -0.1) is 0 Å². The highest BCUT2D eigenvalue weighted by molar-refractivity contribution is 6.31. The Morgan fingerprint density at radius 1 is 1.04 bits per heavy atom. The Kier molecular flexibility index (Phi) is 7.49. The number of rotatable bonds is 8. The van der Waals surface area contributed by atoms with E-state index in [0.717, 1.165) is 16.9 Å². The second kappa shape index (κ2) is 9.83. The summed E-state index contributed by atoms with van der Waals surface area (Å²) in [4.78, 5) is 24.1. The number of halogens is 1. The Bertz CT molecular complexity index is 806. The van der Waals surface area contributed by atoms with Gasteiger partial charge in [-0.25, -0.2) is 0 Å². The fourth-order valence-corrected chi connectivity index (χ4v) is 2.62. The minimum atomic E-state index is -0.419. The van der Waals surface area contributed by atoms with E-state index < -0.39 is 5.91 Å². The summed E-state index contributed by atoms with van der Waals surface area (Å²) in [5.74, 6) is 0.466. The quantitative estimate of drug-likeness (QED) is 0.677. The molecular weight excluding hydrogens is 368 g/mol. The average Bonchev–Trinajstić information content (AvgIpc) is 2.65. The van der Waals surface area contributed by atoms with Gasteiger partial charge in [-0.2, -0.15) is 0 Å². The van der Waals surface area contributed by atoms with Gasteiger partial charge in [0.05, 0.1) is 19.9 Å². The minimum Gasteiger partial charge on any atom is -0.497 e. The molecule has 0 aromatic heterocycles. The molecule has 0 saturated heterocycles. The third-order valence-corrected chi connectivity index (χ3v) is 4.38. The number of ether oxygens (including phenoxy) is 2. The molecule has 27 heavy (non-hydrogen) atoms. The lowest BCUT2D eigenvalue weighted by atomic mass is 10.1. The highest BCUT2D eigenvalue weighted by Gasteiger charge is 2.13. The van der Waals surface area contributed by atoms with Crippen LogP contribution in [0, 0.1) is 6.92 Å². The van der Waals surface area contributed by atoms with Crippen LogP contribution in [0.15, 0.2) is 36.4 Å². The van der Waals surface area contributed by atoms with Crippen molar-refractivity contribution in [3.8, 4) is 11.5 Å². The van der Waals surface area contributed by atoms with Crippen molar-refractivity contribution in [2.24, 2.45) is 0 Å². The number of anilines is 1. The zero-order chi connectivity index (χ0) is 19.8. The molecule has 0 radical (unpaired) electrons. The SMILES string of the molecule is COc1ccc(CCNC(=O)CC(=O)Nc2cc(C)c(Cl)cc2OC)cc1. The molecule has 0 saturated carbocycles. The molecule has 6 nitrogen and oxygen atoms in total. The predicted molar refractivity (Wildman–Crippen MR) is 106 cm³/mol. The number of carbonyl (C=O) groups is 2. The van der Waals surface area contributed by atoms with Crippen LogP contribution in [0.1, 0.15) is 17.5 Å². The Hall–Kier alpha value is -2.73. The van der Waals surface area contributed by atoms with Crippen LogP contribution in [-0.4, -0.2) is 32.6 Å². The summed E-state index contributed by atoms with van der Waals surface area (Å²) in [6.45, 7) is 2.27. The zero-order valence-corrected chi connectivity index (χ0v) is 16.4. The number of benzene rings is 2. The van der Waals surface area contributed by atoms with Gasteiger partial charge in [0.15, 0.2) is 0 Å². The number of carbonyl (C=O) groups excluding carboxylic acids is 2. The van der Waals surface area contributed by atoms with E-state index in [-0.39, 0.29) is 12.3 Å². The Balaban J connectivity index is 1.81. The van der Waals surface area contributed by atoms with E-state index in [9.17, 15) is 9.59 Å². The molecule has 0 aliphatic carbocycles. The molecule has 2 aromatic rings. The van der Waals surface area contributed by atoms with E-state index in [1.807, 2.05) is 31.2 Å². The molecule has 0 atom stereocenters. The second-order valence-electron chi connectivity index (χ2n) is 5.97. The monoisotopic (exact) mass is 390 g/mol. The number of aryl methyl sites for hydroxylation is 1. The first-order valence-electron chi connectivity index (χ1n) is 8.46. The maximum absolute atomic E-state index is 12.1. The molecule has 0 fully saturated rings. The van der Waals surface area contributed by atoms with E-state index in [1.165, 1.54) is 7.11 Å². The molecule has 144 valence electrons. The number of nitrogens with one attached hydrogen (secondary N) is 2. The molecule has 0 heterocycles. The molecule has 2 amide bonds. The minimum absolute atomic E-state index is 0.270. The Morgan fingerprint density at radius 2 is 1.74 bits per heavy atom. The van der Waals surface area contributed by atoms with Crippen LogP contribution in [-0.2, 0) is 16.0 Å². The lowest BCUT2D eigenvalue weighted by molar-refractivity contribution is -0.126. The highest BCUT2D eigenvalue weighted by Crippen LogP contribution is 2.30. The first kappa shape index (κ1) is 20.6. The first-order valence-corrected chi connectivity index (χ1v) is 8.84. The molecule has 0 unspecified atom stereocenters. The van der Waals surface area contributed by atoms with Crippen molar-refractivity contribution >= 4 is 29.1 Å². The normalized spacial score (nSPS) is 10.2. The van der Waals surface area contributed by atoms with Crippen LogP contribution in [0.5, 0.6) is 11.5 Å². The fourth-order valence-electron chi connectivity index (χ4n) is 2.47. The third-order valence-electron chi connectivity index (χ3n) is 3.97. The van der Waals surface area contributed by atoms with Gasteiger partial charge in [0.25, 0.3) is 0 Å². The van der Waals surface area contributed by atoms with Crippen molar-refractivity contribution < 1.29 is 19.1 Å². The molecule has 0 bridgehead atoms. The van der Waals surface area contributed by atoms with Crippen molar-refractivity contribution in [1.82, 2.24) is 5.32 Å². The van der Waals surface area contributed by atoms with Crippen LogP contribution in [0.25, 0.3) is 0 Å². The number of hydrogen-bond donors (Lipinski definition) is 2. The van der Waals surface area contributed by atoms with Gasteiger partial charge in [0.1, 0.15) is 17.9 Å². The van der Waals surface area contributed by atoms with Crippen LogP contribution >= 0.6 is 11.6 Å². The van der Waals surface area contributed by atoms with Gasteiger partial charge in [-0.05, 0) is 42.7 Å². The van der Waals surface area contributed by atoms with E-state index >= 15 is 0 Å². The summed E-state index contributed by atoms with van der Waals surface area (Å²) in [5.41, 5.74) is 2.36. The van der Waals surface area contributed by atoms with Gasteiger partial charge in [0, 0.05) is 17.6 Å². The summed E-state index contributed by atoms with van der Waals surface area (Å²) in [7, 11) is 3.10. The van der Waals surface area contributed by atoms with Gasteiger partial charge in [0.2, 0.25) is 11.8 Å². The second-order valence-corrected chi connectivity index (χ2v) is 6.38. The van der Waals surface area contributed by atoms with Gasteiger partial charge in [-0.1, -0.05) is 23.7 Å². The summed E-state index contributed by atoms with van der Waals surface area (Å²) in [6, 6.07) is 10.9. The van der Waals surface area contributed by atoms with Crippen LogP contribution in [0.4, 0.5) is 5.69 Å². The third kappa shape index (κ3) is 6.18. The van der Waals surface area contributed by atoms with Crippen LogP contribution in [0.3, 0.4) is 0 Å². The predicted octanol–water partition coefficient (Wildman–Crippen LogP) is 3.35. The summed E-state index contributed by atoms with van der Waals surface area (Å²) in [5, 5.41) is 5.97. The summed E-state index contributed by atoms with van der Waals surface area (Å²) < 4.78 is 10.3. The van der Waals surface area contributed by atoms with Crippen molar-refractivity contribution in [2.45, 2.75) is 19.8 Å². The lowest BCUT2D eigenvalue weighted by Crippen LogP contribution is -2.29. The molecule has 2 N–H and O–H groups in total. The molecule has 7 heteroatoms. The molecule has 0 spiro atoms. The summed E-state index contributed by atoms with van der Waals surface area (Å²) >= 11 is 6.05. The highest BCUT2D eigenvalue weighted by atomic mass is 35.5. The molecule has 0 aliphatic rings. The van der Waals surface area contributed by atoms with Crippen molar-refractivity contribution in [2.75, 3.05) is 26.1 Å². The fraction of sp³-hybridized carbons (Fsp3) is 0.300. The van der Waals surface area contributed by atoms with E-state index in [2.05, 4.69) is 10.6 Å². The van der Waals surface area contributed by atoms with E-state index in [0.29, 0.717) is 29.4 Å². The van der Waals surface area contributed by atoms with Crippen LogP contribution in [0.2, 0.25) is 5.02 Å². The largest absolute Gasteiger partial charge is 0.497 e. The topological polar surface area (TPSA) is 76.7 Å². The molecular formula is C20H23ClN2O4. The van der Waals surface area contributed by atoms with Gasteiger partial charge < -0.3 is 20.1 Å². The zero-order valence-electron chi connectivity index (χ0n) is 15.6. The van der Waals surface area contributed by atoms with Crippen molar-refractivity contribution in [3.05, 3.63) is 52.5 Å². The molecule has 2 aromatic carbocycles.